The van der Waals surface area contributed by atoms with Crippen molar-refractivity contribution in [2.75, 3.05) is 26.2 Å². The lowest BCUT2D eigenvalue weighted by atomic mass is 10.1. The predicted molar refractivity (Wildman–Crippen MR) is 110 cm³/mol. The first-order chi connectivity index (χ1) is 13.2. The minimum Gasteiger partial charge on any atom is -0.378 e. The van der Waals surface area contributed by atoms with Gasteiger partial charge in [-0.3, -0.25) is 4.79 Å². The van der Waals surface area contributed by atoms with Gasteiger partial charge >= 0.3 is 0 Å². The largest absolute Gasteiger partial charge is 0.378 e. The molecule has 5 nitrogen and oxygen atoms in total. The number of amides is 1. The monoisotopic (exact) mass is 387 g/mol. The molecule has 0 radical (unpaired) electrons. The first-order valence-corrected chi connectivity index (χ1v) is 10.7. The SMILES string of the molecule is CCc1ccc(-c2nc(CC(=O)N3CCC(OCCCN)CC3)cs2)cc1. The number of nitrogens with two attached hydrogens (primary N) is 1. The number of aromatic nitrogens is 1. The van der Waals surface area contributed by atoms with Crippen molar-refractivity contribution < 1.29 is 9.53 Å². The summed E-state index contributed by atoms with van der Waals surface area (Å²) in [5.41, 5.74) is 8.79. The van der Waals surface area contributed by atoms with E-state index in [1.54, 1.807) is 11.3 Å². The van der Waals surface area contributed by atoms with Crippen molar-refractivity contribution in [1.29, 1.82) is 0 Å². The fourth-order valence-corrected chi connectivity index (χ4v) is 4.10. The second-order valence-corrected chi connectivity index (χ2v) is 7.82. The highest BCUT2D eigenvalue weighted by atomic mass is 32.1. The fraction of sp³-hybridized carbons (Fsp3) is 0.524. The predicted octanol–water partition coefficient (Wildman–Crippen LogP) is 3.27. The number of benzene rings is 1. The van der Waals surface area contributed by atoms with Crippen molar-refractivity contribution in [3.63, 3.8) is 0 Å². The molecule has 146 valence electrons. The highest BCUT2D eigenvalue weighted by Crippen LogP contribution is 2.25. The van der Waals surface area contributed by atoms with Crippen LogP contribution in [0.2, 0.25) is 0 Å². The average molecular weight is 388 g/mol. The van der Waals surface area contributed by atoms with Crippen LogP contribution >= 0.6 is 11.3 Å². The molecule has 1 fully saturated rings. The zero-order valence-corrected chi connectivity index (χ0v) is 16.8. The summed E-state index contributed by atoms with van der Waals surface area (Å²) >= 11 is 1.60. The zero-order chi connectivity index (χ0) is 19.1. The second kappa shape index (κ2) is 9.97. The molecule has 0 unspecified atom stereocenters. The molecule has 0 aliphatic carbocycles. The molecular weight excluding hydrogens is 358 g/mol. The Morgan fingerprint density at radius 3 is 2.70 bits per heavy atom. The number of aryl methyl sites for hydroxylation is 1. The molecule has 27 heavy (non-hydrogen) atoms. The van der Waals surface area contributed by atoms with Crippen molar-refractivity contribution >= 4 is 17.2 Å². The van der Waals surface area contributed by atoms with Crippen LogP contribution in [0.1, 0.15) is 37.4 Å². The molecule has 0 saturated carbocycles. The van der Waals surface area contributed by atoms with E-state index in [-0.39, 0.29) is 12.0 Å². The van der Waals surface area contributed by atoms with Gasteiger partial charge in [0.1, 0.15) is 5.01 Å². The van der Waals surface area contributed by atoms with E-state index in [2.05, 4.69) is 36.2 Å². The molecule has 3 rings (SSSR count). The molecule has 1 saturated heterocycles. The molecule has 0 bridgehead atoms. The van der Waals surface area contributed by atoms with E-state index in [1.165, 1.54) is 5.56 Å². The van der Waals surface area contributed by atoms with Crippen LogP contribution < -0.4 is 5.73 Å². The van der Waals surface area contributed by atoms with E-state index in [4.69, 9.17) is 10.5 Å². The van der Waals surface area contributed by atoms with Gasteiger partial charge in [-0.1, -0.05) is 31.2 Å². The van der Waals surface area contributed by atoms with Crippen LogP contribution in [0, 0.1) is 0 Å². The van der Waals surface area contributed by atoms with Crippen LogP contribution in [0.25, 0.3) is 10.6 Å². The number of hydrogen-bond acceptors (Lipinski definition) is 5. The van der Waals surface area contributed by atoms with E-state index in [1.807, 2.05) is 10.3 Å². The Bertz CT molecular complexity index is 721. The molecule has 1 aromatic carbocycles. The van der Waals surface area contributed by atoms with Gasteiger partial charge in [-0.25, -0.2) is 4.98 Å². The number of rotatable bonds is 8. The zero-order valence-electron chi connectivity index (χ0n) is 16.0. The van der Waals surface area contributed by atoms with Crippen LogP contribution in [-0.4, -0.2) is 48.1 Å². The minimum atomic E-state index is 0.161. The number of ether oxygens (including phenoxy) is 1. The highest BCUT2D eigenvalue weighted by Gasteiger charge is 2.23. The number of piperidine rings is 1. The lowest BCUT2D eigenvalue weighted by Gasteiger charge is -2.32. The average Bonchev–Trinajstić information content (AvgIpc) is 3.17. The molecule has 2 N–H and O–H groups in total. The normalized spacial score (nSPS) is 15.3. The Morgan fingerprint density at radius 1 is 1.30 bits per heavy atom. The maximum atomic E-state index is 12.6. The first kappa shape index (κ1) is 20.0. The van der Waals surface area contributed by atoms with Crippen molar-refractivity contribution in [2.24, 2.45) is 5.73 Å². The number of carbonyl (C=O) groups excluding carboxylic acids is 1. The maximum absolute atomic E-state index is 12.6. The molecule has 2 aromatic rings. The number of likely N-dealkylation sites (tertiary alicyclic amines) is 1. The maximum Gasteiger partial charge on any atom is 0.228 e. The summed E-state index contributed by atoms with van der Waals surface area (Å²) in [6.45, 7) is 5.06. The van der Waals surface area contributed by atoms with Crippen molar-refractivity contribution in [3.05, 3.63) is 40.9 Å². The minimum absolute atomic E-state index is 0.161. The van der Waals surface area contributed by atoms with E-state index < -0.39 is 0 Å². The van der Waals surface area contributed by atoms with Crippen molar-refractivity contribution in [1.82, 2.24) is 9.88 Å². The number of carbonyl (C=O) groups is 1. The smallest absolute Gasteiger partial charge is 0.228 e. The van der Waals surface area contributed by atoms with E-state index in [9.17, 15) is 4.79 Å². The summed E-state index contributed by atoms with van der Waals surface area (Å²) in [5, 5.41) is 2.98. The fourth-order valence-electron chi connectivity index (χ4n) is 3.28. The van der Waals surface area contributed by atoms with Crippen LogP contribution in [-0.2, 0) is 22.4 Å². The Balaban J connectivity index is 1.49. The molecule has 0 atom stereocenters. The molecule has 6 heteroatoms. The summed E-state index contributed by atoms with van der Waals surface area (Å²) in [6.07, 6.45) is 4.38. The lowest BCUT2D eigenvalue weighted by molar-refractivity contribution is -0.133. The standard InChI is InChI=1S/C21H29N3O2S/c1-2-16-4-6-17(7-5-16)21-23-18(15-27-21)14-20(25)24-11-8-19(9-12-24)26-13-3-10-22/h4-7,15,19H,2-3,8-14,22H2,1H3. The third kappa shape index (κ3) is 5.61. The first-order valence-electron chi connectivity index (χ1n) is 9.82. The van der Waals surface area contributed by atoms with Crippen LogP contribution in [0.15, 0.2) is 29.6 Å². The second-order valence-electron chi connectivity index (χ2n) is 6.96. The van der Waals surface area contributed by atoms with Gasteiger partial charge in [0.2, 0.25) is 5.91 Å². The van der Waals surface area contributed by atoms with E-state index in [0.717, 1.165) is 61.6 Å². The van der Waals surface area contributed by atoms with Gasteiger partial charge in [0.15, 0.2) is 0 Å². The van der Waals surface area contributed by atoms with Gasteiger partial charge in [0.25, 0.3) is 0 Å². The van der Waals surface area contributed by atoms with Crippen molar-refractivity contribution in [3.8, 4) is 10.6 Å². The summed E-state index contributed by atoms with van der Waals surface area (Å²) in [6, 6.07) is 8.50. The molecular formula is C21H29N3O2S. The molecule has 1 aromatic heterocycles. The van der Waals surface area contributed by atoms with Crippen LogP contribution in [0.5, 0.6) is 0 Å². The van der Waals surface area contributed by atoms with Gasteiger partial charge in [0.05, 0.1) is 18.2 Å². The Kier molecular flexibility index (Phi) is 7.38. The highest BCUT2D eigenvalue weighted by molar-refractivity contribution is 7.13. The summed E-state index contributed by atoms with van der Waals surface area (Å²) in [4.78, 5) is 19.2. The Labute approximate surface area is 165 Å². The van der Waals surface area contributed by atoms with Crippen LogP contribution in [0.3, 0.4) is 0 Å². The molecule has 0 spiro atoms. The van der Waals surface area contributed by atoms with Gasteiger partial charge < -0.3 is 15.4 Å². The number of thiazole rings is 1. The number of hydrogen-bond donors (Lipinski definition) is 1. The van der Waals surface area contributed by atoms with E-state index in [0.29, 0.717) is 13.0 Å². The van der Waals surface area contributed by atoms with Gasteiger partial charge in [-0.15, -0.1) is 11.3 Å². The molecule has 1 amide bonds. The quantitative estimate of drug-likeness (QED) is 0.706. The molecule has 1 aliphatic rings. The molecule has 1 aliphatic heterocycles. The topological polar surface area (TPSA) is 68.5 Å². The van der Waals surface area contributed by atoms with Crippen molar-refractivity contribution in [2.45, 2.75) is 45.1 Å². The Hall–Kier alpha value is -1.76. The number of nitrogens with zero attached hydrogens (tertiary/aromatic N) is 2. The summed E-state index contributed by atoms with van der Waals surface area (Å²) in [7, 11) is 0. The third-order valence-electron chi connectivity index (χ3n) is 4.99. The van der Waals surface area contributed by atoms with Gasteiger partial charge in [-0.2, -0.15) is 0 Å². The van der Waals surface area contributed by atoms with Gasteiger partial charge in [0, 0.05) is 30.6 Å². The lowest BCUT2D eigenvalue weighted by Crippen LogP contribution is -2.41. The molecule has 2 heterocycles. The third-order valence-corrected chi connectivity index (χ3v) is 5.93. The summed E-state index contributed by atoms with van der Waals surface area (Å²) < 4.78 is 5.81. The summed E-state index contributed by atoms with van der Waals surface area (Å²) in [5.74, 6) is 0.161. The van der Waals surface area contributed by atoms with Crippen LogP contribution in [0.4, 0.5) is 0 Å². The van der Waals surface area contributed by atoms with E-state index >= 15 is 0 Å². The van der Waals surface area contributed by atoms with Gasteiger partial charge in [-0.05, 0) is 37.8 Å². The Morgan fingerprint density at radius 2 is 2.04 bits per heavy atom.